The topological polar surface area (TPSA) is 62.2 Å². The molecular weight excluding hydrogens is 278 g/mol. The standard InChI is InChI=1S/C16H27N5O/c1-2-20(14-4-5-14)13-11-18-15(22)16(6-9-17-10-7-16)21-12-3-8-19-21/h3,8,12,14,17H,2,4-7,9-11,13H2,1H3,(H,18,22). The van der Waals surface area contributed by atoms with Crippen LogP contribution in [0.2, 0.25) is 0 Å². The van der Waals surface area contributed by atoms with Gasteiger partial charge in [-0.25, -0.2) is 0 Å². The van der Waals surface area contributed by atoms with E-state index in [0.29, 0.717) is 0 Å². The number of aromatic nitrogens is 2. The maximum Gasteiger partial charge on any atom is 0.248 e. The molecule has 0 bridgehead atoms. The van der Waals surface area contributed by atoms with Crippen LogP contribution >= 0.6 is 0 Å². The average molecular weight is 305 g/mol. The van der Waals surface area contributed by atoms with Gasteiger partial charge < -0.3 is 10.6 Å². The van der Waals surface area contributed by atoms with Gasteiger partial charge in [-0.2, -0.15) is 5.10 Å². The van der Waals surface area contributed by atoms with Crippen molar-refractivity contribution in [1.82, 2.24) is 25.3 Å². The molecule has 1 aliphatic heterocycles. The predicted molar refractivity (Wildman–Crippen MR) is 85.6 cm³/mol. The van der Waals surface area contributed by atoms with Gasteiger partial charge in [0, 0.05) is 31.5 Å². The number of nitrogens with zero attached hydrogens (tertiary/aromatic N) is 3. The molecule has 0 unspecified atom stereocenters. The van der Waals surface area contributed by atoms with E-state index in [-0.39, 0.29) is 5.91 Å². The van der Waals surface area contributed by atoms with Gasteiger partial charge in [-0.1, -0.05) is 6.92 Å². The molecule has 122 valence electrons. The van der Waals surface area contributed by atoms with Crippen LogP contribution in [-0.4, -0.2) is 59.4 Å². The third-order valence-corrected chi connectivity index (χ3v) is 4.95. The zero-order valence-corrected chi connectivity index (χ0v) is 13.4. The Morgan fingerprint density at radius 3 is 2.82 bits per heavy atom. The van der Waals surface area contributed by atoms with Gasteiger partial charge in [0.25, 0.3) is 0 Å². The van der Waals surface area contributed by atoms with Gasteiger partial charge in [0.15, 0.2) is 0 Å². The molecule has 0 aromatic carbocycles. The van der Waals surface area contributed by atoms with Crippen molar-refractivity contribution in [2.45, 2.75) is 44.2 Å². The molecule has 0 radical (unpaired) electrons. The number of carbonyl (C=O) groups is 1. The molecule has 2 heterocycles. The molecule has 2 fully saturated rings. The van der Waals surface area contributed by atoms with Crippen LogP contribution < -0.4 is 10.6 Å². The van der Waals surface area contributed by atoms with E-state index in [1.54, 1.807) is 6.20 Å². The molecule has 1 aliphatic carbocycles. The highest BCUT2D eigenvalue weighted by atomic mass is 16.2. The zero-order chi connectivity index (χ0) is 15.4. The van der Waals surface area contributed by atoms with Gasteiger partial charge in [0.05, 0.1) is 0 Å². The summed E-state index contributed by atoms with van der Waals surface area (Å²) in [5.41, 5.74) is -0.522. The fraction of sp³-hybridized carbons (Fsp3) is 0.750. The summed E-state index contributed by atoms with van der Waals surface area (Å²) in [4.78, 5) is 15.3. The van der Waals surface area contributed by atoms with Crippen molar-refractivity contribution < 1.29 is 4.79 Å². The maximum atomic E-state index is 12.9. The third kappa shape index (κ3) is 3.17. The lowest BCUT2D eigenvalue weighted by Gasteiger charge is -2.36. The molecule has 1 saturated carbocycles. The van der Waals surface area contributed by atoms with E-state index in [1.165, 1.54) is 12.8 Å². The van der Waals surface area contributed by atoms with Crippen LogP contribution in [0.25, 0.3) is 0 Å². The van der Waals surface area contributed by atoms with Gasteiger partial charge >= 0.3 is 0 Å². The molecule has 6 heteroatoms. The number of hydrogen-bond acceptors (Lipinski definition) is 4. The molecule has 22 heavy (non-hydrogen) atoms. The third-order valence-electron chi connectivity index (χ3n) is 4.95. The lowest BCUT2D eigenvalue weighted by atomic mass is 9.87. The highest BCUT2D eigenvalue weighted by molar-refractivity contribution is 5.84. The fourth-order valence-corrected chi connectivity index (χ4v) is 3.44. The van der Waals surface area contributed by atoms with Crippen molar-refractivity contribution in [2.24, 2.45) is 0 Å². The van der Waals surface area contributed by atoms with Gasteiger partial charge in [-0.3, -0.25) is 14.4 Å². The monoisotopic (exact) mass is 305 g/mol. The first-order valence-corrected chi connectivity index (χ1v) is 8.49. The quantitative estimate of drug-likeness (QED) is 0.773. The molecular formula is C16H27N5O. The second kappa shape index (κ2) is 6.79. The number of nitrogens with one attached hydrogen (secondary N) is 2. The molecule has 1 aromatic rings. The minimum Gasteiger partial charge on any atom is -0.353 e. The molecule has 2 aliphatic rings. The largest absolute Gasteiger partial charge is 0.353 e. The number of carbonyl (C=O) groups excluding carboxylic acids is 1. The molecule has 6 nitrogen and oxygen atoms in total. The number of amides is 1. The summed E-state index contributed by atoms with van der Waals surface area (Å²) in [6, 6.07) is 2.64. The van der Waals surface area contributed by atoms with Crippen molar-refractivity contribution in [1.29, 1.82) is 0 Å². The lowest BCUT2D eigenvalue weighted by Crippen LogP contribution is -2.55. The van der Waals surface area contributed by atoms with E-state index < -0.39 is 5.54 Å². The Labute approximate surface area is 132 Å². The summed E-state index contributed by atoms with van der Waals surface area (Å²) >= 11 is 0. The van der Waals surface area contributed by atoms with Crippen LogP contribution in [0.1, 0.15) is 32.6 Å². The Balaban J connectivity index is 1.60. The summed E-state index contributed by atoms with van der Waals surface area (Å²) < 4.78 is 1.85. The fourth-order valence-electron chi connectivity index (χ4n) is 3.44. The van der Waals surface area contributed by atoms with Gasteiger partial charge in [-0.05, 0) is 51.4 Å². The Bertz CT molecular complexity index is 477. The average Bonchev–Trinajstić information content (AvgIpc) is 3.24. The van der Waals surface area contributed by atoms with E-state index in [9.17, 15) is 4.79 Å². The molecule has 1 aromatic heterocycles. The van der Waals surface area contributed by atoms with Crippen LogP contribution in [0.5, 0.6) is 0 Å². The van der Waals surface area contributed by atoms with Gasteiger partial charge in [0.1, 0.15) is 5.54 Å². The van der Waals surface area contributed by atoms with Crippen LogP contribution in [0, 0.1) is 0 Å². The Hall–Kier alpha value is -1.40. The van der Waals surface area contributed by atoms with Crippen LogP contribution in [-0.2, 0) is 10.3 Å². The van der Waals surface area contributed by atoms with E-state index in [0.717, 1.165) is 51.6 Å². The molecule has 2 N–H and O–H groups in total. The van der Waals surface area contributed by atoms with E-state index in [1.807, 2.05) is 16.9 Å². The van der Waals surface area contributed by atoms with E-state index in [4.69, 9.17) is 0 Å². The van der Waals surface area contributed by atoms with Gasteiger partial charge in [0.2, 0.25) is 5.91 Å². The number of hydrogen-bond donors (Lipinski definition) is 2. The molecule has 1 amide bonds. The van der Waals surface area contributed by atoms with Crippen molar-refractivity contribution in [3.63, 3.8) is 0 Å². The van der Waals surface area contributed by atoms with Gasteiger partial charge in [-0.15, -0.1) is 0 Å². The lowest BCUT2D eigenvalue weighted by molar-refractivity contribution is -0.132. The van der Waals surface area contributed by atoms with Crippen LogP contribution in [0.4, 0.5) is 0 Å². The summed E-state index contributed by atoms with van der Waals surface area (Å²) in [5.74, 6) is 0.115. The van der Waals surface area contributed by atoms with E-state index in [2.05, 4.69) is 27.6 Å². The van der Waals surface area contributed by atoms with E-state index >= 15 is 0 Å². The van der Waals surface area contributed by atoms with Crippen molar-refractivity contribution in [3.8, 4) is 0 Å². The smallest absolute Gasteiger partial charge is 0.248 e. The minimum atomic E-state index is -0.522. The van der Waals surface area contributed by atoms with Crippen molar-refractivity contribution in [2.75, 3.05) is 32.7 Å². The second-order valence-corrected chi connectivity index (χ2v) is 6.35. The normalized spacial score (nSPS) is 21.0. The maximum absolute atomic E-state index is 12.9. The summed E-state index contributed by atoms with van der Waals surface area (Å²) in [6.07, 6.45) is 7.87. The SMILES string of the molecule is CCN(CCNC(=O)C1(n2cccn2)CCNCC1)C1CC1. The van der Waals surface area contributed by atoms with Crippen molar-refractivity contribution >= 4 is 5.91 Å². The molecule has 1 saturated heterocycles. The minimum absolute atomic E-state index is 0.115. The summed E-state index contributed by atoms with van der Waals surface area (Å²) in [5, 5.41) is 10.8. The highest BCUT2D eigenvalue weighted by Crippen LogP contribution is 2.28. The number of piperidine rings is 1. The molecule has 0 atom stereocenters. The molecule has 3 rings (SSSR count). The molecule has 0 spiro atoms. The highest BCUT2D eigenvalue weighted by Gasteiger charge is 2.41. The summed E-state index contributed by atoms with van der Waals surface area (Å²) in [6.45, 7) is 6.64. The zero-order valence-electron chi connectivity index (χ0n) is 13.4. The van der Waals surface area contributed by atoms with Crippen LogP contribution in [0.15, 0.2) is 18.5 Å². The Morgan fingerprint density at radius 1 is 1.45 bits per heavy atom. The summed E-state index contributed by atoms with van der Waals surface area (Å²) in [7, 11) is 0. The first-order valence-electron chi connectivity index (χ1n) is 8.49. The first kappa shape index (κ1) is 15.5. The Morgan fingerprint density at radius 2 is 2.23 bits per heavy atom. The predicted octanol–water partition coefficient (Wildman–Crippen LogP) is 0.562. The number of likely N-dealkylation sites (N-methyl/N-ethyl adjacent to an activating group) is 1. The second-order valence-electron chi connectivity index (χ2n) is 6.35. The first-order chi connectivity index (χ1) is 10.8. The Kier molecular flexibility index (Phi) is 4.78. The number of rotatable bonds is 7. The van der Waals surface area contributed by atoms with Crippen LogP contribution in [0.3, 0.4) is 0 Å². The van der Waals surface area contributed by atoms with Crippen molar-refractivity contribution in [3.05, 3.63) is 18.5 Å².